The smallest absolute Gasteiger partial charge is 0.478 e. The maximum atomic E-state index is 11.7. The average molecular weight is 379 g/mol. The molecule has 1 aromatic rings. The molecule has 1 aromatic carbocycles. The first kappa shape index (κ1) is 23.0. The Balaban J connectivity index is 2.90. The highest BCUT2D eigenvalue weighted by Crippen LogP contribution is 2.24. The Morgan fingerprint density at radius 2 is 1.78 bits per heavy atom. The molecular formula is C22H34O5. The van der Waals surface area contributed by atoms with E-state index in [1.807, 2.05) is 19.9 Å². The quantitative estimate of drug-likeness (QED) is 0.411. The minimum atomic E-state index is -0.918. The third kappa shape index (κ3) is 7.61. The van der Waals surface area contributed by atoms with Gasteiger partial charge in [0.2, 0.25) is 0 Å². The number of carbonyl (C=O) groups is 2. The van der Waals surface area contributed by atoms with Crippen LogP contribution in [-0.2, 0) is 22.3 Å². The molecule has 0 amide bonds. The van der Waals surface area contributed by atoms with Gasteiger partial charge in [-0.1, -0.05) is 46.6 Å². The van der Waals surface area contributed by atoms with Crippen LogP contribution in [-0.4, -0.2) is 30.4 Å². The van der Waals surface area contributed by atoms with Crippen molar-refractivity contribution in [1.82, 2.24) is 0 Å². The summed E-state index contributed by atoms with van der Waals surface area (Å²) >= 11 is 0. The lowest BCUT2D eigenvalue weighted by Gasteiger charge is -2.22. The second-order valence-corrected chi connectivity index (χ2v) is 7.46. The maximum absolute atomic E-state index is 11.7. The fraction of sp³-hybridized carbons (Fsp3) is 0.636. The second kappa shape index (κ2) is 11.6. The predicted molar refractivity (Wildman–Crippen MR) is 106 cm³/mol. The number of benzene rings is 1. The monoisotopic (exact) mass is 378 g/mol. The fourth-order valence-electron chi connectivity index (χ4n) is 3.00. The van der Waals surface area contributed by atoms with Gasteiger partial charge in [0.15, 0.2) is 0 Å². The number of rotatable bonds is 11. The predicted octanol–water partition coefficient (Wildman–Crippen LogP) is 5.41. The first-order valence-electron chi connectivity index (χ1n) is 9.95. The first-order valence-corrected chi connectivity index (χ1v) is 9.95. The van der Waals surface area contributed by atoms with Crippen LogP contribution in [0.1, 0.15) is 74.0 Å². The van der Waals surface area contributed by atoms with E-state index in [9.17, 15) is 14.7 Å². The van der Waals surface area contributed by atoms with Gasteiger partial charge in [0, 0.05) is 0 Å². The number of unbranched alkanes of at least 4 members (excludes halogenated alkanes) is 1. The molecule has 27 heavy (non-hydrogen) atoms. The van der Waals surface area contributed by atoms with Crippen molar-refractivity contribution < 1.29 is 24.2 Å². The molecule has 0 heterocycles. The van der Waals surface area contributed by atoms with Crippen LogP contribution in [0.4, 0.5) is 4.79 Å². The van der Waals surface area contributed by atoms with Gasteiger partial charge in [-0.3, -0.25) is 0 Å². The number of carboxylic acids is 1. The standard InChI is InChI=1S/C22H34O5/c1-6-8-10-26-22(25)27-14-19(15(3)4)13-18-12-17(9-7-2)16(5)11-20(18)21(23)24/h11-12,15,19H,6-10,13-14H2,1-5H3,(H,23,24). The normalized spacial score (nSPS) is 12.1. The topological polar surface area (TPSA) is 72.8 Å². The van der Waals surface area contributed by atoms with E-state index in [4.69, 9.17) is 9.47 Å². The molecule has 5 nitrogen and oxygen atoms in total. The van der Waals surface area contributed by atoms with Gasteiger partial charge in [0.1, 0.15) is 0 Å². The van der Waals surface area contributed by atoms with Crippen molar-refractivity contribution in [1.29, 1.82) is 0 Å². The van der Waals surface area contributed by atoms with Gasteiger partial charge in [-0.2, -0.15) is 0 Å². The van der Waals surface area contributed by atoms with Crippen molar-refractivity contribution in [2.24, 2.45) is 11.8 Å². The third-order valence-corrected chi connectivity index (χ3v) is 4.87. The number of hydrogen-bond acceptors (Lipinski definition) is 4. The van der Waals surface area contributed by atoms with E-state index in [1.54, 1.807) is 6.07 Å². The van der Waals surface area contributed by atoms with Crippen LogP contribution in [0.5, 0.6) is 0 Å². The maximum Gasteiger partial charge on any atom is 0.508 e. The first-order chi connectivity index (χ1) is 12.8. The molecule has 0 fully saturated rings. The number of carboxylic acid groups (broad SMARTS) is 1. The van der Waals surface area contributed by atoms with Crippen LogP contribution < -0.4 is 0 Å². The molecule has 0 bridgehead atoms. The zero-order valence-electron chi connectivity index (χ0n) is 17.3. The van der Waals surface area contributed by atoms with E-state index in [2.05, 4.69) is 20.8 Å². The molecule has 1 rings (SSSR count). The second-order valence-electron chi connectivity index (χ2n) is 7.46. The molecule has 0 radical (unpaired) electrons. The summed E-state index contributed by atoms with van der Waals surface area (Å²) in [5.41, 5.74) is 3.33. The highest BCUT2D eigenvalue weighted by atomic mass is 16.7. The molecule has 1 N–H and O–H groups in total. The summed E-state index contributed by atoms with van der Waals surface area (Å²) in [7, 11) is 0. The van der Waals surface area contributed by atoms with Crippen molar-refractivity contribution in [2.75, 3.05) is 13.2 Å². The molecular weight excluding hydrogens is 344 g/mol. The van der Waals surface area contributed by atoms with Gasteiger partial charge < -0.3 is 14.6 Å². The van der Waals surface area contributed by atoms with E-state index in [1.165, 1.54) is 5.56 Å². The van der Waals surface area contributed by atoms with Crippen molar-refractivity contribution in [3.8, 4) is 0 Å². The van der Waals surface area contributed by atoms with Crippen LogP contribution in [0, 0.1) is 18.8 Å². The van der Waals surface area contributed by atoms with Gasteiger partial charge >= 0.3 is 12.1 Å². The summed E-state index contributed by atoms with van der Waals surface area (Å²) in [5.74, 6) is -0.649. The van der Waals surface area contributed by atoms with E-state index in [0.29, 0.717) is 18.6 Å². The summed E-state index contributed by atoms with van der Waals surface area (Å²) in [6.07, 6.45) is 3.60. The molecule has 0 saturated heterocycles. The van der Waals surface area contributed by atoms with Crippen molar-refractivity contribution in [3.05, 3.63) is 34.4 Å². The zero-order valence-corrected chi connectivity index (χ0v) is 17.3. The Bertz CT molecular complexity index is 621. The molecule has 1 unspecified atom stereocenters. The van der Waals surface area contributed by atoms with Gasteiger partial charge in [-0.15, -0.1) is 0 Å². The van der Waals surface area contributed by atoms with E-state index in [-0.39, 0.29) is 18.4 Å². The lowest BCUT2D eigenvalue weighted by Crippen LogP contribution is -2.23. The Morgan fingerprint density at radius 1 is 1.07 bits per heavy atom. The van der Waals surface area contributed by atoms with Crippen LogP contribution >= 0.6 is 0 Å². The number of ether oxygens (including phenoxy) is 2. The molecule has 0 aliphatic heterocycles. The summed E-state index contributed by atoms with van der Waals surface area (Å²) in [5, 5.41) is 9.60. The van der Waals surface area contributed by atoms with Gasteiger partial charge in [-0.05, 0) is 60.8 Å². The number of aromatic carboxylic acids is 1. The molecule has 1 atom stereocenters. The van der Waals surface area contributed by atoms with E-state index < -0.39 is 12.1 Å². The lowest BCUT2D eigenvalue weighted by atomic mass is 9.86. The summed E-state index contributed by atoms with van der Waals surface area (Å²) < 4.78 is 10.3. The minimum Gasteiger partial charge on any atom is -0.478 e. The largest absolute Gasteiger partial charge is 0.508 e. The van der Waals surface area contributed by atoms with Crippen molar-refractivity contribution >= 4 is 12.1 Å². The van der Waals surface area contributed by atoms with E-state index >= 15 is 0 Å². The zero-order chi connectivity index (χ0) is 20.4. The van der Waals surface area contributed by atoms with Crippen molar-refractivity contribution in [2.45, 2.75) is 66.7 Å². The Labute approximate surface area is 163 Å². The average Bonchev–Trinajstić information content (AvgIpc) is 2.60. The number of aryl methyl sites for hydroxylation is 2. The highest BCUT2D eigenvalue weighted by molar-refractivity contribution is 5.89. The molecule has 0 saturated carbocycles. The Morgan fingerprint density at radius 3 is 2.33 bits per heavy atom. The fourth-order valence-corrected chi connectivity index (χ4v) is 3.00. The Kier molecular flexibility index (Phi) is 9.90. The van der Waals surface area contributed by atoms with E-state index in [0.717, 1.165) is 36.8 Å². The summed E-state index contributed by atoms with van der Waals surface area (Å²) in [6, 6.07) is 3.77. The van der Waals surface area contributed by atoms with Crippen LogP contribution in [0.25, 0.3) is 0 Å². The molecule has 0 aliphatic rings. The SMILES string of the molecule is CCCCOC(=O)OCC(Cc1cc(CCC)c(C)cc1C(=O)O)C(C)C. The van der Waals surface area contributed by atoms with Crippen LogP contribution in [0.2, 0.25) is 0 Å². The van der Waals surface area contributed by atoms with Crippen LogP contribution in [0.15, 0.2) is 12.1 Å². The van der Waals surface area contributed by atoms with Crippen molar-refractivity contribution in [3.63, 3.8) is 0 Å². The molecule has 152 valence electrons. The minimum absolute atomic E-state index is 0.0269. The summed E-state index contributed by atoms with van der Waals surface area (Å²) in [6.45, 7) is 10.8. The number of hydrogen-bond donors (Lipinski definition) is 1. The lowest BCUT2D eigenvalue weighted by molar-refractivity contribution is 0.0379. The molecule has 0 spiro atoms. The molecule has 5 heteroatoms. The molecule has 0 aliphatic carbocycles. The number of carbonyl (C=O) groups excluding carboxylic acids is 1. The Hall–Kier alpha value is -2.04. The van der Waals surface area contributed by atoms with Gasteiger partial charge in [0.05, 0.1) is 18.8 Å². The van der Waals surface area contributed by atoms with Crippen LogP contribution in [0.3, 0.4) is 0 Å². The van der Waals surface area contributed by atoms with Gasteiger partial charge in [0.25, 0.3) is 0 Å². The van der Waals surface area contributed by atoms with Gasteiger partial charge in [-0.25, -0.2) is 9.59 Å². The molecule has 0 aromatic heterocycles. The highest BCUT2D eigenvalue weighted by Gasteiger charge is 2.21. The third-order valence-electron chi connectivity index (χ3n) is 4.87. The summed E-state index contributed by atoms with van der Waals surface area (Å²) in [4.78, 5) is 23.4.